The van der Waals surface area contributed by atoms with Gasteiger partial charge >= 0.3 is 0 Å². The molecule has 0 fully saturated rings. The molecule has 0 aliphatic rings. The molecule has 0 heterocycles. The van der Waals surface area contributed by atoms with Crippen LogP contribution in [0.15, 0.2) is 18.2 Å². The second-order valence-corrected chi connectivity index (χ2v) is 4.13. The van der Waals surface area contributed by atoms with Crippen LogP contribution in [-0.4, -0.2) is 0 Å². The van der Waals surface area contributed by atoms with E-state index in [1.54, 1.807) is 0 Å². The van der Waals surface area contributed by atoms with Gasteiger partial charge in [-0.1, -0.05) is 20.3 Å². The predicted molar refractivity (Wildman–Crippen MR) is 60.5 cm³/mol. The van der Waals surface area contributed by atoms with Crippen LogP contribution in [0.2, 0.25) is 0 Å². The van der Waals surface area contributed by atoms with Crippen LogP contribution >= 0.6 is 0 Å². The molecule has 0 aromatic heterocycles. The molecule has 0 saturated carbocycles. The summed E-state index contributed by atoms with van der Waals surface area (Å²) in [6.45, 7) is 4.11. The molecule has 2 unspecified atom stereocenters. The third-order valence-corrected chi connectivity index (χ3v) is 2.87. The summed E-state index contributed by atoms with van der Waals surface area (Å²) >= 11 is 0. The first-order valence-corrected chi connectivity index (χ1v) is 5.49. The molecule has 0 aliphatic carbocycles. The zero-order chi connectivity index (χ0) is 12.1. The van der Waals surface area contributed by atoms with Crippen LogP contribution in [-0.2, 0) is 0 Å². The molecule has 4 heteroatoms. The lowest BCUT2D eigenvalue weighted by Gasteiger charge is -2.20. The van der Waals surface area contributed by atoms with Crippen molar-refractivity contribution in [1.82, 2.24) is 5.43 Å². The van der Waals surface area contributed by atoms with Crippen LogP contribution in [0.5, 0.6) is 0 Å². The topological polar surface area (TPSA) is 38.0 Å². The molecule has 90 valence electrons. The number of hydrazine groups is 1. The molecule has 2 atom stereocenters. The van der Waals surface area contributed by atoms with Crippen LogP contribution in [0.1, 0.15) is 38.3 Å². The Morgan fingerprint density at radius 1 is 1.38 bits per heavy atom. The molecule has 0 bridgehead atoms. The summed E-state index contributed by atoms with van der Waals surface area (Å²) in [4.78, 5) is 0. The van der Waals surface area contributed by atoms with E-state index in [1.807, 2.05) is 0 Å². The lowest BCUT2D eigenvalue weighted by Crippen LogP contribution is -2.30. The lowest BCUT2D eigenvalue weighted by molar-refractivity contribution is 0.395. The van der Waals surface area contributed by atoms with Crippen molar-refractivity contribution in [1.29, 1.82) is 0 Å². The number of halogens is 2. The Morgan fingerprint density at radius 2 is 2.06 bits per heavy atom. The molecule has 0 amide bonds. The SMILES string of the molecule is CCC(C)CC(NN)c1cc(F)ccc1F. The Bertz CT molecular complexity index is 342. The molecular weight excluding hydrogens is 210 g/mol. The van der Waals surface area contributed by atoms with Crippen molar-refractivity contribution in [3.63, 3.8) is 0 Å². The standard InChI is InChI=1S/C12H18F2N2/c1-3-8(2)6-12(16-15)10-7-9(13)4-5-11(10)14/h4-5,7-8,12,16H,3,6,15H2,1-2H3. The zero-order valence-electron chi connectivity index (χ0n) is 9.63. The van der Waals surface area contributed by atoms with E-state index in [-0.39, 0.29) is 6.04 Å². The predicted octanol–water partition coefficient (Wildman–Crippen LogP) is 2.91. The minimum atomic E-state index is -0.444. The van der Waals surface area contributed by atoms with Crippen LogP contribution in [0.3, 0.4) is 0 Å². The van der Waals surface area contributed by atoms with Gasteiger partial charge in [0.2, 0.25) is 0 Å². The van der Waals surface area contributed by atoms with Crippen molar-refractivity contribution in [2.45, 2.75) is 32.7 Å². The van der Waals surface area contributed by atoms with Crippen LogP contribution in [0, 0.1) is 17.6 Å². The zero-order valence-corrected chi connectivity index (χ0v) is 9.63. The average Bonchev–Trinajstić information content (AvgIpc) is 2.29. The molecule has 3 N–H and O–H groups in total. The highest BCUT2D eigenvalue weighted by Crippen LogP contribution is 2.25. The van der Waals surface area contributed by atoms with Gasteiger partial charge in [-0.25, -0.2) is 8.78 Å². The van der Waals surface area contributed by atoms with Crippen molar-refractivity contribution in [3.05, 3.63) is 35.4 Å². The fourth-order valence-electron chi connectivity index (χ4n) is 1.64. The van der Waals surface area contributed by atoms with Gasteiger partial charge in [0.15, 0.2) is 0 Å². The van der Waals surface area contributed by atoms with Crippen molar-refractivity contribution in [2.24, 2.45) is 11.8 Å². The number of nitrogens with one attached hydrogen (secondary N) is 1. The fourth-order valence-corrected chi connectivity index (χ4v) is 1.64. The quantitative estimate of drug-likeness (QED) is 0.600. The van der Waals surface area contributed by atoms with E-state index in [9.17, 15) is 8.78 Å². The maximum atomic E-state index is 13.5. The molecule has 1 aromatic rings. The highest BCUT2D eigenvalue weighted by Gasteiger charge is 2.17. The van der Waals surface area contributed by atoms with E-state index in [4.69, 9.17) is 5.84 Å². The molecule has 16 heavy (non-hydrogen) atoms. The number of hydrogen-bond acceptors (Lipinski definition) is 2. The molecule has 0 saturated heterocycles. The van der Waals surface area contributed by atoms with Crippen molar-refractivity contribution >= 4 is 0 Å². The summed E-state index contributed by atoms with van der Waals surface area (Å²) in [6, 6.07) is 3.09. The maximum Gasteiger partial charge on any atom is 0.128 e. The van der Waals surface area contributed by atoms with Crippen LogP contribution in [0.4, 0.5) is 8.78 Å². The van der Waals surface area contributed by atoms with Crippen LogP contribution < -0.4 is 11.3 Å². The number of nitrogens with two attached hydrogens (primary N) is 1. The van der Waals surface area contributed by atoms with Gasteiger partial charge in [0.05, 0.1) is 0 Å². The highest BCUT2D eigenvalue weighted by atomic mass is 19.1. The van der Waals surface area contributed by atoms with Gasteiger partial charge in [-0.3, -0.25) is 11.3 Å². The largest absolute Gasteiger partial charge is 0.271 e. The van der Waals surface area contributed by atoms with E-state index >= 15 is 0 Å². The van der Waals surface area contributed by atoms with E-state index in [0.29, 0.717) is 17.9 Å². The minimum absolute atomic E-state index is 0.294. The second kappa shape index (κ2) is 5.92. The van der Waals surface area contributed by atoms with E-state index in [2.05, 4.69) is 19.3 Å². The van der Waals surface area contributed by atoms with Gasteiger partial charge in [-0.2, -0.15) is 0 Å². The fraction of sp³-hybridized carbons (Fsp3) is 0.500. The summed E-state index contributed by atoms with van der Waals surface area (Å²) in [5.74, 6) is 4.93. The van der Waals surface area contributed by atoms with Crippen molar-refractivity contribution in [3.8, 4) is 0 Å². The van der Waals surface area contributed by atoms with Crippen molar-refractivity contribution in [2.75, 3.05) is 0 Å². The number of hydrogen-bond donors (Lipinski definition) is 2. The van der Waals surface area contributed by atoms with Gasteiger partial charge in [0.25, 0.3) is 0 Å². The Balaban J connectivity index is 2.89. The van der Waals surface area contributed by atoms with Crippen molar-refractivity contribution < 1.29 is 8.78 Å². The van der Waals surface area contributed by atoms with Gasteiger partial charge < -0.3 is 0 Å². The first-order valence-electron chi connectivity index (χ1n) is 5.49. The molecule has 1 rings (SSSR count). The first kappa shape index (κ1) is 13.1. The monoisotopic (exact) mass is 228 g/mol. The Hall–Kier alpha value is -1.00. The molecule has 0 aliphatic heterocycles. The van der Waals surface area contributed by atoms with Gasteiger partial charge in [-0.05, 0) is 30.5 Å². The smallest absolute Gasteiger partial charge is 0.128 e. The van der Waals surface area contributed by atoms with E-state index in [1.165, 1.54) is 6.07 Å². The Labute approximate surface area is 94.8 Å². The van der Waals surface area contributed by atoms with Gasteiger partial charge in [-0.15, -0.1) is 0 Å². The number of rotatable bonds is 5. The molecule has 0 spiro atoms. The van der Waals surface area contributed by atoms with E-state index < -0.39 is 11.6 Å². The minimum Gasteiger partial charge on any atom is -0.271 e. The van der Waals surface area contributed by atoms with Gasteiger partial charge in [0, 0.05) is 11.6 Å². The lowest BCUT2D eigenvalue weighted by atomic mass is 9.94. The Morgan fingerprint density at radius 3 is 2.62 bits per heavy atom. The molecule has 1 aromatic carbocycles. The maximum absolute atomic E-state index is 13.5. The molecular formula is C12H18F2N2. The third-order valence-electron chi connectivity index (χ3n) is 2.87. The first-order chi connectivity index (χ1) is 7.58. The molecule has 2 nitrogen and oxygen atoms in total. The summed E-state index contributed by atoms with van der Waals surface area (Å²) in [5, 5.41) is 0. The summed E-state index contributed by atoms with van der Waals surface area (Å²) in [6.07, 6.45) is 1.67. The average molecular weight is 228 g/mol. The van der Waals surface area contributed by atoms with Gasteiger partial charge in [0.1, 0.15) is 11.6 Å². The second-order valence-electron chi connectivity index (χ2n) is 4.13. The summed E-state index contributed by atoms with van der Waals surface area (Å²) in [5.41, 5.74) is 2.84. The summed E-state index contributed by atoms with van der Waals surface area (Å²) < 4.78 is 26.5. The summed E-state index contributed by atoms with van der Waals surface area (Å²) in [7, 11) is 0. The Kier molecular flexibility index (Phi) is 4.83. The normalized spacial score (nSPS) is 14.8. The van der Waals surface area contributed by atoms with E-state index in [0.717, 1.165) is 18.6 Å². The third kappa shape index (κ3) is 3.25. The highest BCUT2D eigenvalue weighted by molar-refractivity contribution is 5.22. The van der Waals surface area contributed by atoms with Crippen LogP contribution in [0.25, 0.3) is 0 Å². The molecule has 0 radical (unpaired) electrons. The number of benzene rings is 1.